The molecule has 0 aromatic carbocycles. The van der Waals surface area contributed by atoms with Crippen LogP contribution >= 0.6 is 23.1 Å². The van der Waals surface area contributed by atoms with Crippen molar-refractivity contribution in [3.63, 3.8) is 0 Å². The summed E-state index contributed by atoms with van der Waals surface area (Å²) in [6.45, 7) is 8.00. The highest BCUT2D eigenvalue weighted by molar-refractivity contribution is 7.99. The average molecular weight is 318 g/mol. The van der Waals surface area contributed by atoms with Crippen LogP contribution in [0.25, 0.3) is 10.2 Å². The van der Waals surface area contributed by atoms with E-state index in [9.17, 15) is 4.79 Å². The Balaban J connectivity index is 2.23. The van der Waals surface area contributed by atoms with E-state index in [1.54, 1.807) is 33.7 Å². The van der Waals surface area contributed by atoms with E-state index in [0.29, 0.717) is 6.54 Å². The Labute approximate surface area is 132 Å². The number of rotatable bonds is 5. The van der Waals surface area contributed by atoms with Gasteiger partial charge in [-0.25, -0.2) is 4.98 Å². The summed E-state index contributed by atoms with van der Waals surface area (Å²) in [5.74, 6) is 0.750. The quantitative estimate of drug-likeness (QED) is 0.478. The highest BCUT2D eigenvalue weighted by Gasteiger charge is 2.21. The van der Waals surface area contributed by atoms with Gasteiger partial charge in [0.2, 0.25) is 0 Å². The molecule has 0 saturated carbocycles. The lowest BCUT2D eigenvalue weighted by molar-refractivity contribution is 0.668. The number of aromatic nitrogens is 2. The lowest BCUT2D eigenvalue weighted by atomic mass is 9.97. The van der Waals surface area contributed by atoms with Crippen molar-refractivity contribution in [1.82, 2.24) is 9.55 Å². The molecule has 0 atom stereocenters. The van der Waals surface area contributed by atoms with Gasteiger partial charge in [-0.3, -0.25) is 9.36 Å². The Bertz CT molecular complexity index is 758. The van der Waals surface area contributed by atoms with Gasteiger partial charge in [-0.2, -0.15) is 0 Å². The predicted molar refractivity (Wildman–Crippen MR) is 91.6 cm³/mol. The number of thioether (sulfide) groups is 1. The molecule has 0 N–H and O–H groups in total. The van der Waals surface area contributed by atoms with Crippen molar-refractivity contribution < 1.29 is 0 Å². The lowest BCUT2D eigenvalue weighted by Gasteiger charge is -2.11. The highest BCUT2D eigenvalue weighted by Crippen LogP contribution is 2.34. The molecule has 2 aromatic rings. The van der Waals surface area contributed by atoms with E-state index in [0.717, 1.165) is 34.0 Å². The standard InChI is InChI=1S/C16H18N2OS2/c1-3-9-18-15(19)13-11-7-5-6-8-12(11)21-14(13)17-16(18)20-10-4-2/h3-4H,1-2,5-10H2. The molecule has 2 heterocycles. The fraction of sp³-hybridized carbons (Fsp3) is 0.375. The number of thiophene rings is 1. The maximum absolute atomic E-state index is 12.9. The molecule has 0 radical (unpaired) electrons. The van der Waals surface area contributed by atoms with Crippen LogP contribution in [-0.4, -0.2) is 15.3 Å². The van der Waals surface area contributed by atoms with Crippen LogP contribution in [0.15, 0.2) is 35.3 Å². The maximum atomic E-state index is 12.9. The Hall–Kier alpha value is -1.33. The van der Waals surface area contributed by atoms with Gasteiger partial charge < -0.3 is 0 Å². The molecular weight excluding hydrogens is 300 g/mol. The van der Waals surface area contributed by atoms with Crippen molar-refractivity contribution in [2.75, 3.05) is 5.75 Å². The SMILES string of the molecule is C=CCSc1nc2sc3c(c2c(=O)n1CC=C)CCCC3. The Morgan fingerprint density at radius 3 is 2.86 bits per heavy atom. The third kappa shape index (κ3) is 2.60. The molecule has 21 heavy (non-hydrogen) atoms. The van der Waals surface area contributed by atoms with Gasteiger partial charge in [0, 0.05) is 17.2 Å². The molecule has 0 aliphatic heterocycles. The highest BCUT2D eigenvalue weighted by atomic mass is 32.2. The summed E-state index contributed by atoms with van der Waals surface area (Å²) >= 11 is 3.25. The molecule has 0 unspecified atom stereocenters. The number of fused-ring (bicyclic) bond motifs is 3. The molecule has 2 aromatic heterocycles. The maximum Gasteiger partial charge on any atom is 0.263 e. The predicted octanol–water partition coefficient (Wildman–Crippen LogP) is 3.80. The van der Waals surface area contributed by atoms with Gasteiger partial charge in [-0.05, 0) is 31.2 Å². The number of hydrogen-bond donors (Lipinski definition) is 0. The smallest absolute Gasteiger partial charge is 0.263 e. The third-order valence-electron chi connectivity index (χ3n) is 3.68. The van der Waals surface area contributed by atoms with Crippen LogP contribution in [0.5, 0.6) is 0 Å². The monoisotopic (exact) mass is 318 g/mol. The average Bonchev–Trinajstić information content (AvgIpc) is 2.86. The van der Waals surface area contributed by atoms with Gasteiger partial charge >= 0.3 is 0 Å². The number of allylic oxidation sites excluding steroid dienone is 1. The van der Waals surface area contributed by atoms with Crippen molar-refractivity contribution in [2.45, 2.75) is 37.4 Å². The van der Waals surface area contributed by atoms with Crippen molar-refractivity contribution in [1.29, 1.82) is 0 Å². The summed E-state index contributed by atoms with van der Waals surface area (Å²) in [5.41, 5.74) is 1.34. The summed E-state index contributed by atoms with van der Waals surface area (Å²) in [7, 11) is 0. The first-order valence-electron chi connectivity index (χ1n) is 7.16. The van der Waals surface area contributed by atoms with Gasteiger partial charge in [0.25, 0.3) is 5.56 Å². The van der Waals surface area contributed by atoms with Crippen LogP contribution < -0.4 is 5.56 Å². The number of nitrogens with zero attached hydrogens (tertiary/aromatic N) is 2. The number of aryl methyl sites for hydroxylation is 2. The summed E-state index contributed by atoms with van der Waals surface area (Å²) < 4.78 is 1.74. The molecule has 0 spiro atoms. The van der Waals surface area contributed by atoms with Crippen molar-refractivity contribution in [2.24, 2.45) is 0 Å². The Kier molecular flexibility index (Phi) is 4.31. The van der Waals surface area contributed by atoms with Gasteiger partial charge in [0.1, 0.15) is 4.83 Å². The number of hydrogen-bond acceptors (Lipinski definition) is 4. The molecule has 0 fully saturated rings. The molecule has 5 heteroatoms. The van der Waals surface area contributed by atoms with Gasteiger partial charge in [-0.15, -0.1) is 24.5 Å². The van der Waals surface area contributed by atoms with E-state index in [1.165, 1.54) is 23.3 Å². The van der Waals surface area contributed by atoms with E-state index in [-0.39, 0.29) is 5.56 Å². The van der Waals surface area contributed by atoms with E-state index < -0.39 is 0 Å². The molecule has 0 bridgehead atoms. The second-order valence-corrected chi connectivity index (χ2v) is 7.16. The van der Waals surface area contributed by atoms with Crippen LogP contribution in [0.2, 0.25) is 0 Å². The lowest BCUT2D eigenvalue weighted by Crippen LogP contribution is -2.23. The van der Waals surface area contributed by atoms with Crippen LogP contribution in [0.1, 0.15) is 23.3 Å². The van der Waals surface area contributed by atoms with Crippen LogP contribution in [0, 0.1) is 0 Å². The molecular formula is C16H18N2OS2. The van der Waals surface area contributed by atoms with E-state index in [1.807, 2.05) is 6.08 Å². The van der Waals surface area contributed by atoms with Gasteiger partial charge in [0.15, 0.2) is 5.16 Å². The van der Waals surface area contributed by atoms with Crippen LogP contribution in [0.4, 0.5) is 0 Å². The zero-order valence-corrected chi connectivity index (χ0v) is 13.6. The topological polar surface area (TPSA) is 34.9 Å². The van der Waals surface area contributed by atoms with E-state index >= 15 is 0 Å². The van der Waals surface area contributed by atoms with Crippen molar-refractivity contribution >= 4 is 33.3 Å². The Morgan fingerprint density at radius 1 is 1.29 bits per heavy atom. The minimum atomic E-state index is 0.0888. The van der Waals surface area contributed by atoms with Crippen LogP contribution in [0.3, 0.4) is 0 Å². The third-order valence-corrected chi connectivity index (χ3v) is 5.84. The van der Waals surface area contributed by atoms with Gasteiger partial charge in [0.05, 0.1) is 5.39 Å². The van der Waals surface area contributed by atoms with Crippen molar-refractivity contribution in [3.8, 4) is 0 Å². The first kappa shape index (κ1) is 14.6. The fourth-order valence-corrected chi connectivity index (χ4v) is 4.80. The summed E-state index contributed by atoms with van der Waals surface area (Å²) in [5, 5.41) is 1.62. The van der Waals surface area contributed by atoms with E-state index in [2.05, 4.69) is 13.2 Å². The second kappa shape index (κ2) is 6.20. The molecule has 3 rings (SSSR count). The molecule has 0 saturated heterocycles. The fourth-order valence-electron chi connectivity index (χ4n) is 2.75. The van der Waals surface area contributed by atoms with Crippen LogP contribution in [-0.2, 0) is 19.4 Å². The molecule has 1 aliphatic carbocycles. The van der Waals surface area contributed by atoms with E-state index in [4.69, 9.17) is 4.98 Å². The normalized spacial score (nSPS) is 14.1. The van der Waals surface area contributed by atoms with Gasteiger partial charge in [-0.1, -0.05) is 23.9 Å². The summed E-state index contributed by atoms with van der Waals surface area (Å²) in [4.78, 5) is 19.9. The first-order valence-corrected chi connectivity index (χ1v) is 8.96. The minimum absolute atomic E-state index is 0.0888. The second-order valence-electron chi connectivity index (χ2n) is 5.09. The summed E-state index contributed by atoms with van der Waals surface area (Å²) in [6.07, 6.45) is 8.09. The molecule has 3 nitrogen and oxygen atoms in total. The Morgan fingerprint density at radius 2 is 2.10 bits per heavy atom. The first-order chi connectivity index (χ1) is 10.3. The summed E-state index contributed by atoms with van der Waals surface area (Å²) in [6, 6.07) is 0. The minimum Gasteiger partial charge on any atom is -0.283 e. The molecule has 110 valence electrons. The van der Waals surface area contributed by atoms with Crippen molar-refractivity contribution in [3.05, 3.63) is 46.1 Å². The largest absolute Gasteiger partial charge is 0.283 e. The molecule has 0 amide bonds. The zero-order chi connectivity index (χ0) is 14.8. The molecule has 1 aliphatic rings. The zero-order valence-electron chi connectivity index (χ0n) is 11.9.